The van der Waals surface area contributed by atoms with Gasteiger partial charge >= 0.3 is 23.9 Å². The molecule has 2 aromatic rings. The van der Waals surface area contributed by atoms with Crippen molar-refractivity contribution in [3.8, 4) is 11.5 Å². The predicted octanol–water partition coefficient (Wildman–Crippen LogP) is 10.3. The van der Waals surface area contributed by atoms with Crippen molar-refractivity contribution in [1.29, 1.82) is 0 Å². The first-order valence-corrected chi connectivity index (χ1v) is 17.8. The number of carbonyl (C=O) groups is 4. The average Bonchev–Trinajstić information content (AvgIpc) is 3.95. The first-order valence-electron chi connectivity index (χ1n) is 15.6. The minimum absolute atomic E-state index is 0.0173. The standard InChI is InChI=1S/C34H36Cl6O8/c1-13-7-19(13)17(5)15(3)11-45-31(41)25-27(39)21(35)9-23(37)29(25)47-33(43)34(44)48-30-24(38)10-22(36)28(40)26(30)32(42)46-12-16(4)18(6)20-8-14(20)2/h9-10,13-20H,7-8,11-12H2,1-6H3. The molecule has 0 aliphatic heterocycles. The minimum Gasteiger partial charge on any atom is -0.462 e. The summed E-state index contributed by atoms with van der Waals surface area (Å²) in [6, 6.07) is 2.26. The first kappa shape index (κ1) is 38.9. The molecule has 8 unspecified atom stereocenters. The highest BCUT2D eigenvalue weighted by Crippen LogP contribution is 2.48. The summed E-state index contributed by atoms with van der Waals surface area (Å²) in [7, 11) is 0. The van der Waals surface area contributed by atoms with E-state index in [0.717, 1.165) is 25.0 Å². The van der Waals surface area contributed by atoms with Gasteiger partial charge in [0.1, 0.15) is 11.1 Å². The maximum Gasteiger partial charge on any atom is 0.423 e. The molecular weight excluding hydrogens is 749 g/mol. The van der Waals surface area contributed by atoms with Crippen molar-refractivity contribution in [2.75, 3.05) is 13.2 Å². The molecule has 0 bridgehead atoms. The van der Waals surface area contributed by atoms with E-state index in [0.29, 0.717) is 35.5 Å². The van der Waals surface area contributed by atoms with Gasteiger partial charge in [0.15, 0.2) is 11.5 Å². The first-order chi connectivity index (χ1) is 22.4. The highest BCUT2D eigenvalue weighted by molar-refractivity contribution is 6.47. The summed E-state index contributed by atoms with van der Waals surface area (Å²) < 4.78 is 21.4. The van der Waals surface area contributed by atoms with Gasteiger partial charge < -0.3 is 18.9 Å². The van der Waals surface area contributed by atoms with Crippen molar-refractivity contribution < 1.29 is 38.1 Å². The summed E-state index contributed by atoms with van der Waals surface area (Å²) >= 11 is 37.6. The van der Waals surface area contributed by atoms with E-state index >= 15 is 0 Å². The highest BCUT2D eigenvalue weighted by Gasteiger charge is 2.41. The minimum atomic E-state index is -1.64. The zero-order valence-corrected chi connectivity index (χ0v) is 31.7. The third-order valence-corrected chi connectivity index (χ3v) is 11.8. The predicted molar refractivity (Wildman–Crippen MR) is 186 cm³/mol. The number of rotatable bonds is 12. The fourth-order valence-corrected chi connectivity index (χ4v) is 7.30. The van der Waals surface area contributed by atoms with Gasteiger partial charge in [0.05, 0.1) is 43.3 Å². The van der Waals surface area contributed by atoms with Crippen LogP contribution >= 0.6 is 69.6 Å². The van der Waals surface area contributed by atoms with E-state index in [9.17, 15) is 19.2 Å². The molecule has 262 valence electrons. The lowest BCUT2D eigenvalue weighted by atomic mass is 9.91. The molecule has 14 heteroatoms. The SMILES string of the molecule is CC(COC(=O)c1c(Cl)c(Cl)cc(Cl)c1OC(=O)C(=O)Oc1c(Cl)cc(Cl)c(Cl)c1C(=O)OCC(C)C(C)C1CC1C)C(C)C1CC1C. The Morgan fingerprint density at radius 3 is 1.23 bits per heavy atom. The molecule has 0 spiro atoms. The molecule has 2 fully saturated rings. The molecule has 0 heterocycles. The summed E-state index contributed by atoms with van der Waals surface area (Å²) in [5.41, 5.74) is -0.925. The maximum absolute atomic E-state index is 13.2. The topological polar surface area (TPSA) is 105 Å². The second kappa shape index (κ2) is 15.9. The number of hydrogen-bond acceptors (Lipinski definition) is 8. The van der Waals surface area contributed by atoms with Gasteiger partial charge in [0.2, 0.25) is 0 Å². The summed E-state index contributed by atoms with van der Waals surface area (Å²) in [4.78, 5) is 52.5. The Labute approximate surface area is 309 Å². The smallest absolute Gasteiger partial charge is 0.423 e. The number of ether oxygens (including phenoxy) is 4. The van der Waals surface area contributed by atoms with Crippen molar-refractivity contribution in [2.45, 2.75) is 54.4 Å². The molecule has 0 saturated heterocycles. The normalized spacial score (nSPS) is 22.2. The van der Waals surface area contributed by atoms with Crippen molar-refractivity contribution in [3.05, 3.63) is 53.4 Å². The lowest BCUT2D eigenvalue weighted by Crippen LogP contribution is -2.28. The summed E-state index contributed by atoms with van der Waals surface area (Å²) in [5, 5.41) is -1.49. The van der Waals surface area contributed by atoms with Crippen LogP contribution in [0, 0.1) is 47.3 Å². The average molecular weight is 785 g/mol. The third kappa shape index (κ3) is 8.85. The fraction of sp³-hybridized carbons (Fsp3) is 0.529. The molecule has 2 aliphatic rings. The zero-order chi connectivity index (χ0) is 35.8. The molecule has 4 rings (SSSR count). The van der Waals surface area contributed by atoms with E-state index in [1.807, 2.05) is 13.8 Å². The number of halogens is 6. The van der Waals surface area contributed by atoms with Crippen LogP contribution < -0.4 is 9.47 Å². The molecule has 0 amide bonds. The molecule has 8 nitrogen and oxygen atoms in total. The van der Waals surface area contributed by atoms with Gasteiger partial charge in [0, 0.05) is 0 Å². The second-order valence-electron chi connectivity index (χ2n) is 13.1. The molecule has 0 aromatic heterocycles. The van der Waals surface area contributed by atoms with Gasteiger partial charge in [-0.3, -0.25) is 0 Å². The van der Waals surface area contributed by atoms with Crippen LogP contribution in [0.1, 0.15) is 75.1 Å². The Morgan fingerprint density at radius 2 is 0.938 bits per heavy atom. The molecule has 2 aliphatic carbocycles. The van der Waals surface area contributed by atoms with Crippen molar-refractivity contribution in [1.82, 2.24) is 0 Å². The van der Waals surface area contributed by atoms with Crippen LogP contribution in [0.2, 0.25) is 30.1 Å². The van der Waals surface area contributed by atoms with E-state index in [-0.39, 0.29) is 55.2 Å². The van der Waals surface area contributed by atoms with Crippen molar-refractivity contribution in [2.24, 2.45) is 47.3 Å². The Kier molecular flexibility index (Phi) is 12.9. The van der Waals surface area contributed by atoms with Gasteiger partial charge in [-0.1, -0.05) is 111 Å². The second-order valence-corrected chi connectivity index (χ2v) is 15.5. The zero-order valence-electron chi connectivity index (χ0n) is 27.1. The van der Waals surface area contributed by atoms with Crippen molar-refractivity contribution >= 4 is 93.5 Å². The van der Waals surface area contributed by atoms with E-state index in [1.54, 1.807) is 0 Å². The van der Waals surface area contributed by atoms with Crippen molar-refractivity contribution in [3.63, 3.8) is 0 Å². The van der Waals surface area contributed by atoms with Crippen LogP contribution in [0.5, 0.6) is 11.5 Å². The molecule has 2 aromatic carbocycles. The Bertz CT molecular complexity index is 1500. The molecule has 0 radical (unpaired) electrons. The Hall–Kier alpha value is -1.94. The van der Waals surface area contributed by atoms with E-state index < -0.39 is 46.5 Å². The van der Waals surface area contributed by atoms with Crippen LogP contribution in [-0.2, 0) is 19.1 Å². The van der Waals surface area contributed by atoms with Crippen LogP contribution in [0.15, 0.2) is 12.1 Å². The number of hydrogen-bond donors (Lipinski definition) is 0. The fourth-order valence-electron chi connectivity index (χ4n) is 5.86. The molecular formula is C34H36Cl6O8. The van der Waals surface area contributed by atoms with Gasteiger partial charge in [-0.25, -0.2) is 19.2 Å². The number of benzene rings is 2. The highest BCUT2D eigenvalue weighted by atomic mass is 35.5. The largest absolute Gasteiger partial charge is 0.462 e. The summed E-state index contributed by atoms with van der Waals surface area (Å²) in [6.45, 7) is 12.5. The molecule has 0 N–H and O–H groups in total. The van der Waals surface area contributed by atoms with Gasteiger partial charge in [-0.15, -0.1) is 0 Å². The summed E-state index contributed by atoms with van der Waals surface area (Å²) in [6.07, 6.45) is 2.22. The molecule has 8 atom stereocenters. The summed E-state index contributed by atoms with van der Waals surface area (Å²) in [5.74, 6) is -3.45. The third-order valence-electron chi connectivity index (χ3n) is 9.66. The van der Waals surface area contributed by atoms with Gasteiger partial charge in [0.25, 0.3) is 0 Å². The molecule has 48 heavy (non-hydrogen) atoms. The monoisotopic (exact) mass is 782 g/mol. The quantitative estimate of drug-likeness (QED) is 0.0907. The van der Waals surface area contributed by atoms with E-state index in [4.69, 9.17) is 88.6 Å². The van der Waals surface area contributed by atoms with Crippen LogP contribution in [0.3, 0.4) is 0 Å². The number of esters is 4. The molecule has 2 saturated carbocycles. The van der Waals surface area contributed by atoms with Gasteiger partial charge in [-0.2, -0.15) is 0 Å². The lowest BCUT2D eigenvalue weighted by molar-refractivity contribution is -0.156. The van der Waals surface area contributed by atoms with Crippen LogP contribution in [-0.4, -0.2) is 37.1 Å². The number of carbonyl (C=O) groups excluding carboxylic acids is 4. The van der Waals surface area contributed by atoms with Crippen LogP contribution in [0.25, 0.3) is 0 Å². The van der Waals surface area contributed by atoms with E-state index in [1.165, 1.54) is 0 Å². The van der Waals surface area contributed by atoms with E-state index in [2.05, 4.69) is 27.7 Å². The van der Waals surface area contributed by atoms with Crippen LogP contribution in [0.4, 0.5) is 0 Å². The van der Waals surface area contributed by atoms with Gasteiger partial charge in [-0.05, 0) is 72.3 Å². The lowest BCUT2D eigenvalue weighted by Gasteiger charge is -2.21. The Balaban J connectivity index is 1.51. The Morgan fingerprint density at radius 1 is 0.625 bits per heavy atom. The maximum atomic E-state index is 13.2.